The summed E-state index contributed by atoms with van der Waals surface area (Å²) in [6.07, 6.45) is 3.16. The summed E-state index contributed by atoms with van der Waals surface area (Å²) in [6, 6.07) is 5.62. The molecule has 3 rings (SSSR count). The highest BCUT2D eigenvalue weighted by atomic mass is 35.5. The summed E-state index contributed by atoms with van der Waals surface area (Å²) >= 11 is 0. The number of carbonyl (C=O) groups is 2. The molecular formula is C19H28ClN3O2. The van der Waals surface area contributed by atoms with Crippen LogP contribution in [-0.2, 0) is 4.79 Å². The minimum atomic E-state index is -0.0974. The molecule has 2 aliphatic rings. The fraction of sp³-hybridized carbons (Fsp3) is 0.579. The summed E-state index contributed by atoms with van der Waals surface area (Å²) in [5, 5.41) is 9.27. The maximum atomic E-state index is 12.6. The van der Waals surface area contributed by atoms with Gasteiger partial charge in [-0.2, -0.15) is 0 Å². The smallest absolute Gasteiger partial charge is 0.251 e. The highest BCUT2D eigenvalue weighted by Gasteiger charge is 2.57. The minimum absolute atomic E-state index is 0. The lowest BCUT2D eigenvalue weighted by molar-refractivity contribution is -0.118. The van der Waals surface area contributed by atoms with Gasteiger partial charge in [-0.05, 0) is 76.2 Å². The number of amides is 2. The van der Waals surface area contributed by atoms with Crippen LogP contribution in [-0.4, -0.2) is 30.9 Å². The van der Waals surface area contributed by atoms with Crippen molar-refractivity contribution in [2.75, 3.05) is 18.4 Å². The van der Waals surface area contributed by atoms with Gasteiger partial charge in [-0.25, -0.2) is 0 Å². The van der Waals surface area contributed by atoms with E-state index in [-0.39, 0.29) is 41.6 Å². The van der Waals surface area contributed by atoms with Crippen LogP contribution in [0, 0.1) is 18.3 Å². The molecular weight excluding hydrogens is 338 g/mol. The van der Waals surface area contributed by atoms with Gasteiger partial charge in [0.25, 0.3) is 5.91 Å². The Morgan fingerprint density at radius 1 is 1.24 bits per heavy atom. The number of carbonyl (C=O) groups excluding carboxylic acids is 2. The number of nitrogens with one attached hydrogen (secondary N) is 3. The van der Waals surface area contributed by atoms with E-state index in [0.29, 0.717) is 11.3 Å². The molecule has 1 unspecified atom stereocenters. The third-order valence-electron chi connectivity index (χ3n) is 5.28. The van der Waals surface area contributed by atoms with Crippen molar-refractivity contribution >= 4 is 29.9 Å². The predicted octanol–water partition coefficient (Wildman–Crippen LogP) is 2.88. The second-order valence-corrected chi connectivity index (χ2v) is 7.52. The molecule has 1 spiro atoms. The highest BCUT2D eigenvalue weighted by molar-refractivity contribution is 5.99. The van der Waals surface area contributed by atoms with E-state index in [1.54, 1.807) is 6.07 Å². The van der Waals surface area contributed by atoms with Crippen molar-refractivity contribution in [2.24, 2.45) is 11.3 Å². The Balaban J connectivity index is 0.00000225. The second kappa shape index (κ2) is 7.75. The fourth-order valence-corrected chi connectivity index (χ4v) is 3.71. The fourth-order valence-electron chi connectivity index (χ4n) is 3.71. The molecule has 138 valence electrons. The van der Waals surface area contributed by atoms with E-state index in [0.717, 1.165) is 37.9 Å². The van der Waals surface area contributed by atoms with Gasteiger partial charge in [-0.1, -0.05) is 6.07 Å². The van der Waals surface area contributed by atoms with Crippen molar-refractivity contribution in [3.63, 3.8) is 0 Å². The maximum absolute atomic E-state index is 12.6. The van der Waals surface area contributed by atoms with E-state index in [9.17, 15) is 9.59 Å². The van der Waals surface area contributed by atoms with Gasteiger partial charge in [-0.3, -0.25) is 9.59 Å². The van der Waals surface area contributed by atoms with Crippen LogP contribution in [0.15, 0.2) is 18.2 Å². The van der Waals surface area contributed by atoms with Crippen LogP contribution in [0.2, 0.25) is 0 Å². The molecule has 1 aromatic rings. The van der Waals surface area contributed by atoms with Gasteiger partial charge in [0.1, 0.15) is 0 Å². The molecule has 1 aliphatic heterocycles. The van der Waals surface area contributed by atoms with Crippen LogP contribution in [0.5, 0.6) is 0 Å². The molecule has 2 amide bonds. The predicted molar refractivity (Wildman–Crippen MR) is 102 cm³/mol. The minimum Gasteiger partial charge on any atom is -0.350 e. The number of hydrogen-bond donors (Lipinski definition) is 3. The third-order valence-corrected chi connectivity index (χ3v) is 5.28. The molecule has 3 N–H and O–H groups in total. The summed E-state index contributed by atoms with van der Waals surface area (Å²) in [4.78, 5) is 24.8. The summed E-state index contributed by atoms with van der Waals surface area (Å²) in [6.45, 7) is 7.79. The monoisotopic (exact) mass is 365 g/mol. The van der Waals surface area contributed by atoms with Gasteiger partial charge in [0.15, 0.2) is 0 Å². The largest absolute Gasteiger partial charge is 0.350 e. The van der Waals surface area contributed by atoms with Gasteiger partial charge in [0, 0.05) is 23.2 Å². The molecule has 1 atom stereocenters. The Labute approximate surface area is 155 Å². The SMILES string of the molecule is Cc1ccc(NC(=O)C2CC23CCNCC3)cc1C(=O)NC(C)C.Cl. The van der Waals surface area contributed by atoms with E-state index in [2.05, 4.69) is 16.0 Å². The topological polar surface area (TPSA) is 70.2 Å². The van der Waals surface area contributed by atoms with Crippen molar-refractivity contribution in [3.05, 3.63) is 29.3 Å². The molecule has 25 heavy (non-hydrogen) atoms. The molecule has 1 saturated carbocycles. The number of aryl methyl sites for hydroxylation is 1. The summed E-state index contributed by atoms with van der Waals surface area (Å²) in [5.74, 6) is 0.115. The van der Waals surface area contributed by atoms with Gasteiger partial charge in [0.05, 0.1) is 0 Å². The van der Waals surface area contributed by atoms with Crippen LogP contribution < -0.4 is 16.0 Å². The number of piperidine rings is 1. The molecule has 2 fully saturated rings. The van der Waals surface area contributed by atoms with Crippen LogP contribution in [0.1, 0.15) is 49.0 Å². The van der Waals surface area contributed by atoms with Crippen molar-refractivity contribution in [1.29, 1.82) is 0 Å². The summed E-state index contributed by atoms with van der Waals surface area (Å²) < 4.78 is 0. The van der Waals surface area contributed by atoms with Crippen LogP contribution in [0.3, 0.4) is 0 Å². The van der Waals surface area contributed by atoms with E-state index >= 15 is 0 Å². The normalized spacial score (nSPS) is 20.7. The Kier molecular flexibility index (Phi) is 6.12. The third kappa shape index (κ3) is 4.33. The zero-order valence-electron chi connectivity index (χ0n) is 15.1. The molecule has 5 nitrogen and oxygen atoms in total. The number of halogens is 1. The number of benzene rings is 1. The Morgan fingerprint density at radius 3 is 2.56 bits per heavy atom. The molecule has 0 radical (unpaired) electrons. The van der Waals surface area contributed by atoms with Crippen molar-refractivity contribution in [2.45, 2.75) is 46.1 Å². The Bertz CT molecular complexity index is 654. The first-order chi connectivity index (χ1) is 11.4. The molecule has 1 aliphatic carbocycles. The van der Waals surface area contributed by atoms with Gasteiger partial charge in [-0.15, -0.1) is 12.4 Å². The number of rotatable bonds is 4. The zero-order chi connectivity index (χ0) is 17.3. The van der Waals surface area contributed by atoms with Crippen molar-refractivity contribution in [1.82, 2.24) is 10.6 Å². The van der Waals surface area contributed by atoms with E-state index in [1.165, 1.54) is 0 Å². The molecule has 1 saturated heterocycles. The van der Waals surface area contributed by atoms with Gasteiger partial charge < -0.3 is 16.0 Å². The van der Waals surface area contributed by atoms with E-state index in [4.69, 9.17) is 0 Å². The first-order valence-corrected chi connectivity index (χ1v) is 8.84. The average molecular weight is 366 g/mol. The summed E-state index contributed by atoms with van der Waals surface area (Å²) in [7, 11) is 0. The molecule has 6 heteroatoms. The molecule has 0 bridgehead atoms. The standard InChI is InChI=1S/C19H27N3O2.ClH/c1-12(2)21-17(23)15-10-14(5-4-13(15)3)22-18(24)16-11-19(16)6-8-20-9-7-19;/h4-5,10,12,16,20H,6-9,11H2,1-3H3,(H,21,23)(H,22,24);1H. The zero-order valence-corrected chi connectivity index (χ0v) is 16.0. The van der Waals surface area contributed by atoms with Crippen LogP contribution in [0.4, 0.5) is 5.69 Å². The lowest BCUT2D eigenvalue weighted by Crippen LogP contribution is -2.32. The second-order valence-electron chi connectivity index (χ2n) is 7.52. The van der Waals surface area contributed by atoms with E-state index in [1.807, 2.05) is 32.9 Å². The molecule has 1 aromatic carbocycles. The van der Waals surface area contributed by atoms with Crippen LogP contribution in [0.25, 0.3) is 0 Å². The quantitative estimate of drug-likeness (QED) is 0.768. The first kappa shape index (κ1) is 19.7. The van der Waals surface area contributed by atoms with Crippen molar-refractivity contribution in [3.8, 4) is 0 Å². The summed E-state index contributed by atoms with van der Waals surface area (Å²) in [5.41, 5.74) is 2.45. The average Bonchev–Trinajstić information content (AvgIpc) is 3.22. The van der Waals surface area contributed by atoms with Crippen molar-refractivity contribution < 1.29 is 9.59 Å². The lowest BCUT2D eigenvalue weighted by atomic mass is 9.91. The molecule has 0 aromatic heterocycles. The Morgan fingerprint density at radius 2 is 1.92 bits per heavy atom. The number of hydrogen-bond acceptors (Lipinski definition) is 3. The number of anilines is 1. The van der Waals surface area contributed by atoms with Gasteiger partial charge in [0.2, 0.25) is 5.91 Å². The van der Waals surface area contributed by atoms with Crippen LogP contribution >= 0.6 is 12.4 Å². The lowest BCUT2D eigenvalue weighted by Gasteiger charge is -2.23. The molecule has 1 heterocycles. The van der Waals surface area contributed by atoms with E-state index < -0.39 is 0 Å². The maximum Gasteiger partial charge on any atom is 0.251 e. The van der Waals surface area contributed by atoms with Gasteiger partial charge >= 0.3 is 0 Å². The first-order valence-electron chi connectivity index (χ1n) is 8.84. The highest BCUT2D eigenvalue weighted by Crippen LogP contribution is 2.58. The Hall–Kier alpha value is -1.59.